The van der Waals surface area contributed by atoms with Crippen LogP contribution in [0.1, 0.15) is 5.56 Å². The van der Waals surface area contributed by atoms with Gasteiger partial charge in [0.1, 0.15) is 17.0 Å². The molecule has 0 fully saturated rings. The molecule has 20 heavy (non-hydrogen) atoms. The third-order valence-electron chi connectivity index (χ3n) is 2.54. The van der Waals surface area contributed by atoms with E-state index in [0.717, 1.165) is 16.5 Å². The number of hydrogen-bond donors (Lipinski definition) is 0. The zero-order valence-corrected chi connectivity index (χ0v) is 14.0. The second kappa shape index (κ2) is 7.88. The zero-order chi connectivity index (χ0) is 14.4. The number of aromatic nitrogens is 1. The molecule has 0 radical (unpaired) electrons. The lowest BCUT2D eigenvalue weighted by Crippen LogP contribution is -2.06. The highest BCUT2D eigenvalue weighted by Crippen LogP contribution is 2.29. The molecule has 0 aliphatic carbocycles. The molecular formula is C13H10ClIN2O2S. The molecule has 1 heterocycles. The Morgan fingerprint density at radius 3 is 3.05 bits per heavy atom. The number of nitrogens with zero attached hydrogens (tertiary/aromatic N) is 2. The quantitative estimate of drug-likeness (QED) is 0.303. The van der Waals surface area contributed by atoms with Crippen LogP contribution in [0.3, 0.4) is 0 Å². The van der Waals surface area contributed by atoms with Crippen molar-refractivity contribution in [1.29, 1.82) is 5.26 Å². The maximum Gasteiger partial charge on any atom is 0.189 e. The third-order valence-corrected chi connectivity index (χ3v) is 4.48. The van der Waals surface area contributed by atoms with Crippen LogP contribution >= 0.6 is 41.7 Å². The number of fused-ring (bicyclic) bond motifs is 1. The number of ether oxygens (including phenoxy) is 2. The van der Waals surface area contributed by atoms with Gasteiger partial charge in [0, 0.05) is 17.3 Å². The van der Waals surface area contributed by atoms with Crippen LogP contribution in [0.2, 0.25) is 5.15 Å². The van der Waals surface area contributed by atoms with E-state index in [4.69, 9.17) is 26.3 Å². The van der Waals surface area contributed by atoms with Gasteiger partial charge in [0.2, 0.25) is 0 Å². The van der Waals surface area contributed by atoms with Crippen molar-refractivity contribution < 1.29 is 9.47 Å². The maximum absolute atomic E-state index is 9.16. The van der Waals surface area contributed by atoms with E-state index in [1.54, 1.807) is 33.3 Å². The smallest absolute Gasteiger partial charge is 0.189 e. The number of halogens is 2. The minimum absolute atomic E-state index is 0.106. The summed E-state index contributed by atoms with van der Waals surface area (Å²) in [5.74, 6) is 1.35. The topological polar surface area (TPSA) is 55.1 Å². The summed E-state index contributed by atoms with van der Waals surface area (Å²) in [7, 11) is 1.67. The van der Waals surface area contributed by atoms with Crippen LogP contribution in [0, 0.1) is 11.3 Å². The molecule has 4 nitrogen and oxygen atoms in total. The number of rotatable bonds is 6. The van der Waals surface area contributed by atoms with Gasteiger partial charge in [-0.25, -0.2) is 4.98 Å². The number of benzene rings is 1. The molecule has 0 atom stereocenters. The lowest BCUT2D eigenvalue weighted by atomic mass is 10.1. The van der Waals surface area contributed by atoms with E-state index in [1.807, 2.05) is 0 Å². The van der Waals surface area contributed by atoms with Gasteiger partial charge in [0.25, 0.3) is 0 Å². The molecule has 0 amide bonds. The third kappa shape index (κ3) is 3.88. The monoisotopic (exact) mass is 420 g/mol. The normalized spacial score (nSPS) is 10.4. The van der Waals surface area contributed by atoms with Crippen LogP contribution in [-0.4, -0.2) is 24.1 Å². The van der Waals surface area contributed by atoms with Crippen LogP contribution in [0.4, 0.5) is 0 Å². The summed E-state index contributed by atoms with van der Waals surface area (Å²) in [5, 5.41) is 11.2. The summed E-state index contributed by atoms with van der Waals surface area (Å²) in [6.45, 7) is 0.709. The van der Waals surface area contributed by atoms with E-state index in [2.05, 4.69) is 32.3 Å². The molecule has 0 aliphatic rings. The highest BCUT2D eigenvalue weighted by Gasteiger charge is 2.08. The second-order valence-corrected chi connectivity index (χ2v) is 6.62. The van der Waals surface area contributed by atoms with Crippen LogP contribution < -0.4 is 4.74 Å². The number of hydrogen-bond acceptors (Lipinski definition) is 5. The van der Waals surface area contributed by atoms with Gasteiger partial charge in [-0.3, -0.25) is 0 Å². The highest BCUT2D eigenvalue weighted by molar-refractivity contribution is 14.2. The first-order valence-electron chi connectivity index (χ1n) is 5.68. The first-order chi connectivity index (χ1) is 9.76. The largest absolute Gasteiger partial charge is 0.466 e. The van der Waals surface area contributed by atoms with Crippen molar-refractivity contribution in [3.63, 3.8) is 0 Å². The molecule has 1 aromatic heterocycles. The lowest BCUT2D eigenvalue weighted by molar-refractivity contribution is 0.0238. The number of pyridine rings is 1. The molecule has 2 aromatic rings. The molecule has 0 saturated carbocycles. The van der Waals surface area contributed by atoms with Crippen molar-refractivity contribution >= 4 is 52.5 Å². The molecule has 0 N–H and O–H groups in total. The first-order valence-corrected chi connectivity index (χ1v) is 9.59. The Morgan fingerprint density at radius 1 is 1.45 bits per heavy atom. The van der Waals surface area contributed by atoms with Crippen LogP contribution in [0.5, 0.6) is 5.75 Å². The van der Waals surface area contributed by atoms with Gasteiger partial charge in [0.15, 0.2) is 6.79 Å². The molecule has 0 aliphatic heterocycles. The molecule has 104 valence electrons. The molecule has 7 heteroatoms. The zero-order valence-electron chi connectivity index (χ0n) is 10.3. The van der Waals surface area contributed by atoms with E-state index >= 15 is 0 Å². The highest BCUT2D eigenvalue weighted by atomic mass is 127. The van der Waals surface area contributed by atoms with E-state index in [0.29, 0.717) is 23.1 Å². The molecule has 0 saturated heterocycles. The van der Waals surface area contributed by atoms with Gasteiger partial charge in [-0.05, 0) is 44.8 Å². The summed E-state index contributed by atoms with van der Waals surface area (Å²) < 4.78 is 10.8. The average molecular weight is 421 g/mol. The fraction of sp³-hybridized carbons (Fsp3) is 0.231. The molecule has 0 unspecified atom stereocenters. The molecule has 0 bridgehead atoms. The molecule has 2 rings (SSSR count). The first kappa shape index (κ1) is 15.6. The van der Waals surface area contributed by atoms with Crippen LogP contribution in [-0.2, 0) is 4.74 Å². The molecular weight excluding hydrogens is 411 g/mol. The van der Waals surface area contributed by atoms with Crippen molar-refractivity contribution in [2.24, 2.45) is 0 Å². The summed E-state index contributed by atoms with van der Waals surface area (Å²) in [6, 6.07) is 7.37. The standard InChI is InChI=1S/C13H10ClIN2O2S/c14-13-11-6-12(19-8-18-3-4-20-15)10(7-16)5-9(11)1-2-17-13/h1-2,5-6H,3-4,8H2. The summed E-state index contributed by atoms with van der Waals surface area (Å²) in [4.78, 5) is 4.02. The molecule has 1 aromatic carbocycles. The predicted octanol–water partition coefficient (Wildman–Crippen LogP) is 4.20. The Labute approximate surface area is 138 Å². The summed E-state index contributed by atoms with van der Waals surface area (Å²) >= 11 is 8.25. The van der Waals surface area contributed by atoms with Crippen molar-refractivity contribution in [2.75, 3.05) is 19.2 Å². The SMILES string of the molecule is N#Cc1cc2ccnc(Cl)c2cc1OCOCCSI. The minimum Gasteiger partial charge on any atom is -0.466 e. The van der Waals surface area contributed by atoms with E-state index in [9.17, 15) is 0 Å². The van der Waals surface area contributed by atoms with Crippen molar-refractivity contribution in [1.82, 2.24) is 4.98 Å². The molecule has 0 spiro atoms. The Morgan fingerprint density at radius 2 is 2.30 bits per heavy atom. The van der Waals surface area contributed by atoms with Gasteiger partial charge >= 0.3 is 0 Å². The van der Waals surface area contributed by atoms with E-state index in [1.165, 1.54) is 0 Å². The Kier molecular flexibility index (Phi) is 6.16. The number of nitriles is 1. The van der Waals surface area contributed by atoms with E-state index < -0.39 is 0 Å². The van der Waals surface area contributed by atoms with Gasteiger partial charge in [-0.1, -0.05) is 20.5 Å². The fourth-order valence-corrected chi connectivity index (χ4v) is 2.57. The summed E-state index contributed by atoms with van der Waals surface area (Å²) in [5.41, 5.74) is 0.451. The Bertz CT molecular complexity index is 648. The van der Waals surface area contributed by atoms with Crippen molar-refractivity contribution in [2.45, 2.75) is 0 Å². The fourth-order valence-electron chi connectivity index (χ4n) is 1.63. The predicted molar refractivity (Wildman–Crippen MR) is 89.4 cm³/mol. The van der Waals surface area contributed by atoms with Gasteiger partial charge in [-0.15, -0.1) is 0 Å². The average Bonchev–Trinajstić information content (AvgIpc) is 2.47. The van der Waals surface area contributed by atoms with Gasteiger partial charge in [-0.2, -0.15) is 5.26 Å². The van der Waals surface area contributed by atoms with Crippen LogP contribution in [0.15, 0.2) is 24.4 Å². The van der Waals surface area contributed by atoms with Crippen molar-refractivity contribution in [3.8, 4) is 11.8 Å². The maximum atomic E-state index is 9.16. The second-order valence-electron chi connectivity index (χ2n) is 3.77. The lowest BCUT2D eigenvalue weighted by Gasteiger charge is -2.10. The van der Waals surface area contributed by atoms with Gasteiger partial charge in [0.05, 0.1) is 12.2 Å². The summed E-state index contributed by atoms with van der Waals surface area (Å²) in [6.07, 6.45) is 1.61. The Balaban J connectivity index is 2.19. The van der Waals surface area contributed by atoms with E-state index in [-0.39, 0.29) is 6.79 Å². The van der Waals surface area contributed by atoms with Crippen molar-refractivity contribution in [3.05, 3.63) is 35.1 Å². The van der Waals surface area contributed by atoms with Gasteiger partial charge < -0.3 is 9.47 Å². The van der Waals surface area contributed by atoms with Crippen LogP contribution in [0.25, 0.3) is 10.8 Å². The minimum atomic E-state index is 0.106. The Hall–Kier alpha value is -0.750.